The van der Waals surface area contributed by atoms with Gasteiger partial charge in [-0.2, -0.15) is 0 Å². The Morgan fingerprint density at radius 3 is 1.65 bits per heavy atom. The smallest absolute Gasteiger partial charge is 0.159 e. The molecule has 1 aromatic carbocycles. The Morgan fingerprint density at radius 2 is 1.43 bits per heavy atom. The van der Waals surface area contributed by atoms with Gasteiger partial charge in [0, 0.05) is 5.56 Å². The average Bonchev–Trinajstić information content (AvgIpc) is 3.34. The molecule has 1 nitrogen and oxygen atoms in total. The Labute approximate surface area is 145 Å². The standard InChI is InChI=1S/C8H8O.C8H18.C4H8.C2H6/c1-7(9)8-5-3-2-4-6-8;1-4-6-8(3)7-5-2;1-4-2-3-4;1-2/h2-6H,1H3;8H,4-7H2,1-3H3;4H,2-3H2,1H3;1-2H3. The van der Waals surface area contributed by atoms with Crippen molar-refractivity contribution >= 4 is 5.78 Å². The molecule has 1 heteroatoms. The summed E-state index contributed by atoms with van der Waals surface area (Å²) in [5, 5.41) is 0. The molecule has 0 saturated heterocycles. The van der Waals surface area contributed by atoms with Gasteiger partial charge in [0.1, 0.15) is 0 Å². The van der Waals surface area contributed by atoms with Crippen LogP contribution in [0, 0.1) is 11.8 Å². The fraction of sp³-hybridized carbons (Fsp3) is 0.682. The summed E-state index contributed by atoms with van der Waals surface area (Å²) in [5.41, 5.74) is 0.775. The van der Waals surface area contributed by atoms with E-state index in [1.165, 1.54) is 38.5 Å². The van der Waals surface area contributed by atoms with Crippen LogP contribution >= 0.6 is 0 Å². The fourth-order valence-electron chi connectivity index (χ4n) is 1.97. The van der Waals surface area contributed by atoms with Crippen molar-refractivity contribution in [2.24, 2.45) is 11.8 Å². The minimum Gasteiger partial charge on any atom is -0.295 e. The van der Waals surface area contributed by atoms with Gasteiger partial charge in [0.25, 0.3) is 0 Å². The van der Waals surface area contributed by atoms with Gasteiger partial charge in [-0.05, 0) is 18.8 Å². The van der Waals surface area contributed by atoms with Gasteiger partial charge >= 0.3 is 0 Å². The summed E-state index contributed by atoms with van der Waals surface area (Å²) in [6.07, 6.45) is 8.49. The lowest BCUT2D eigenvalue weighted by Crippen LogP contribution is -1.91. The molecule has 1 saturated carbocycles. The van der Waals surface area contributed by atoms with Crippen LogP contribution in [0.1, 0.15) is 97.3 Å². The maximum absolute atomic E-state index is 10.6. The second kappa shape index (κ2) is 17.2. The number of carbonyl (C=O) groups is 1. The summed E-state index contributed by atoms with van der Waals surface area (Å²) in [4.78, 5) is 10.6. The molecule has 2 rings (SSSR count). The predicted octanol–water partition coefficient (Wildman–Crippen LogP) is 7.55. The Balaban J connectivity index is 0. The highest BCUT2D eigenvalue weighted by Crippen LogP contribution is 2.26. The number of ketones is 1. The zero-order valence-electron chi connectivity index (χ0n) is 16.7. The molecule has 134 valence electrons. The molecule has 0 radical (unpaired) electrons. The molecule has 0 aromatic heterocycles. The van der Waals surface area contributed by atoms with Crippen LogP contribution in [0.15, 0.2) is 30.3 Å². The van der Waals surface area contributed by atoms with E-state index >= 15 is 0 Å². The number of carbonyl (C=O) groups excluding carboxylic acids is 1. The molecule has 0 heterocycles. The summed E-state index contributed by atoms with van der Waals surface area (Å²) in [6.45, 7) is 14.7. The van der Waals surface area contributed by atoms with Gasteiger partial charge in [-0.1, -0.05) is 110 Å². The van der Waals surface area contributed by atoms with Gasteiger partial charge < -0.3 is 0 Å². The first-order valence-electron chi connectivity index (χ1n) is 9.57. The van der Waals surface area contributed by atoms with E-state index in [1.54, 1.807) is 6.92 Å². The van der Waals surface area contributed by atoms with Crippen molar-refractivity contribution in [3.63, 3.8) is 0 Å². The molecule has 0 amide bonds. The van der Waals surface area contributed by atoms with Crippen LogP contribution in [0.25, 0.3) is 0 Å². The Morgan fingerprint density at radius 1 is 1.04 bits per heavy atom. The van der Waals surface area contributed by atoms with Crippen LogP contribution in [0.3, 0.4) is 0 Å². The number of rotatable bonds is 5. The molecule has 0 N–H and O–H groups in total. The first kappa shape index (κ1) is 24.1. The third-order valence-electron chi connectivity index (χ3n) is 3.61. The van der Waals surface area contributed by atoms with E-state index in [9.17, 15) is 4.79 Å². The minimum atomic E-state index is 0.121. The average molecular weight is 321 g/mol. The SMILES string of the molecule is CC.CC(=O)c1ccccc1.CC1CC1.CCCC(C)CCC. The summed E-state index contributed by atoms with van der Waals surface area (Å²) < 4.78 is 0. The summed E-state index contributed by atoms with van der Waals surface area (Å²) in [5.74, 6) is 2.17. The number of hydrogen-bond acceptors (Lipinski definition) is 1. The molecule has 0 bridgehead atoms. The Hall–Kier alpha value is -1.11. The largest absolute Gasteiger partial charge is 0.295 e. The Bertz CT molecular complexity index is 345. The zero-order valence-corrected chi connectivity index (χ0v) is 16.7. The Kier molecular flexibility index (Phi) is 18.1. The monoisotopic (exact) mass is 320 g/mol. The molecular formula is C22H40O. The first-order chi connectivity index (χ1) is 11.0. The van der Waals surface area contributed by atoms with Gasteiger partial charge in [-0.15, -0.1) is 0 Å². The normalized spacial score (nSPS) is 12.0. The van der Waals surface area contributed by atoms with Crippen molar-refractivity contribution in [1.29, 1.82) is 0 Å². The maximum Gasteiger partial charge on any atom is 0.159 e. The van der Waals surface area contributed by atoms with Crippen LogP contribution in [0.2, 0.25) is 0 Å². The van der Waals surface area contributed by atoms with Crippen LogP contribution < -0.4 is 0 Å². The van der Waals surface area contributed by atoms with Gasteiger partial charge in [0.2, 0.25) is 0 Å². The highest BCUT2D eigenvalue weighted by atomic mass is 16.1. The fourth-order valence-corrected chi connectivity index (χ4v) is 1.97. The lowest BCUT2D eigenvalue weighted by molar-refractivity contribution is 0.101. The van der Waals surface area contributed by atoms with E-state index in [4.69, 9.17) is 0 Å². The molecular weight excluding hydrogens is 280 g/mol. The van der Waals surface area contributed by atoms with E-state index in [0.29, 0.717) is 0 Å². The maximum atomic E-state index is 10.6. The second-order valence-electron chi connectivity index (χ2n) is 6.29. The van der Waals surface area contributed by atoms with Gasteiger partial charge in [0.05, 0.1) is 0 Å². The van der Waals surface area contributed by atoms with Crippen LogP contribution in [0.5, 0.6) is 0 Å². The van der Waals surface area contributed by atoms with Crippen molar-refractivity contribution in [2.45, 2.75) is 87.0 Å². The van der Waals surface area contributed by atoms with Crippen molar-refractivity contribution in [3.8, 4) is 0 Å². The lowest BCUT2D eigenvalue weighted by atomic mass is 10.0. The highest BCUT2D eigenvalue weighted by molar-refractivity contribution is 5.93. The topological polar surface area (TPSA) is 17.1 Å². The van der Waals surface area contributed by atoms with Crippen molar-refractivity contribution in [3.05, 3.63) is 35.9 Å². The first-order valence-corrected chi connectivity index (χ1v) is 9.57. The summed E-state index contributed by atoms with van der Waals surface area (Å²) in [7, 11) is 0. The van der Waals surface area contributed by atoms with Gasteiger partial charge in [0.15, 0.2) is 5.78 Å². The summed E-state index contributed by atoms with van der Waals surface area (Å²) in [6, 6.07) is 9.23. The molecule has 0 aliphatic heterocycles. The van der Waals surface area contributed by atoms with Gasteiger partial charge in [-0.25, -0.2) is 0 Å². The number of hydrogen-bond donors (Lipinski definition) is 0. The third kappa shape index (κ3) is 18.8. The molecule has 0 unspecified atom stereocenters. The van der Waals surface area contributed by atoms with Crippen LogP contribution in [-0.4, -0.2) is 5.78 Å². The molecule has 0 spiro atoms. The van der Waals surface area contributed by atoms with E-state index in [-0.39, 0.29) is 5.78 Å². The summed E-state index contributed by atoms with van der Waals surface area (Å²) >= 11 is 0. The quantitative estimate of drug-likeness (QED) is 0.512. The van der Waals surface area contributed by atoms with E-state index < -0.39 is 0 Å². The molecule has 1 aliphatic carbocycles. The van der Waals surface area contributed by atoms with Crippen molar-refractivity contribution in [1.82, 2.24) is 0 Å². The van der Waals surface area contributed by atoms with Gasteiger partial charge in [-0.3, -0.25) is 4.79 Å². The second-order valence-corrected chi connectivity index (χ2v) is 6.29. The zero-order chi connectivity index (χ0) is 18.1. The molecule has 1 aromatic rings. The van der Waals surface area contributed by atoms with Crippen LogP contribution in [0.4, 0.5) is 0 Å². The van der Waals surface area contributed by atoms with Crippen molar-refractivity contribution < 1.29 is 4.79 Å². The van der Waals surface area contributed by atoms with E-state index in [1.807, 2.05) is 44.2 Å². The minimum absolute atomic E-state index is 0.121. The predicted molar refractivity (Wildman–Crippen MR) is 105 cm³/mol. The molecule has 1 fully saturated rings. The molecule has 1 aliphatic rings. The highest BCUT2D eigenvalue weighted by Gasteiger charge is 2.12. The van der Waals surface area contributed by atoms with Crippen LogP contribution in [-0.2, 0) is 0 Å². The molecule has 23 heavy (non-hydrogen) atoms. The number of benzene rings is 1. The number of Topliss-reactive ketones (excluding diaryl/α,β-unsaturated/α-hetero) is 1. The molecule has 0 atom stereocenters. The van der Waals surface area contributed by atoms with E-state index in [0.717, 1.165) is 17.4 Å². The van der Waals surface area contributed by atoms with E-state index in [2.05, 4.69) is 27.7 Å². The third-order valence-corrected chi connectivity index (χ3v) is 3.61. The lowest BCUT2D eigenvalue weighted by Gasteiger charge is -2.05. The van der Waals surface area contributed by atoms with Crippen molar-refractivity contribution in [2.75, 3.05) is 0 Å².